The number of carboxylic acids is 1. The number of aromatic hydroxyl groups is 1. The first-order valence-electron chi connectivity index (χ1n) is 4.66. The van der Waals surface area contributed by atoms with Crippen molar-refractivity contribution in [3.05, 3.63) is 33.4 Å². The molecule has 0 aliphatic rings. The Kier molecular flexibility index (Phi) is 3.44. The lowest BCUT2D eigenvalue weighted by atomic mass is 10.0. The van der Waals surface area contributed by atoms with Gasteiger partial charge in [0, 0.05) is 5.56 Å². The molecule has 16 heavy (non-hydrogen) atoms. The molecule has 0 amide bonds. The Hall–Kier alpha value is -2.11. The predicted octanol–water partition coefficient (Wildman–Crippen LogP) is 1.49. The zero-order chi connectivity index (χ0) is 12.3. The SMILES string of the molecule is CCc1cc(CC(=O)O)cc(O)c1[N+](=O)[O-]. The third-order valence-electron chi connectivity index (χ3n) is 2.15. The van der Waals surface area contributed by atoms with E-state index >= 15 is 0 Å². The van der Waals surface area contributed by atoms with E-state index in [0.29, 0.717) is 17.5 Å². The molecule has 0 atom stereocenters. The molecule has 1 aromatic carbocycles. The van der Waals surface area contributed by atoms with Crippen molar-refractivity contribution >= 4 is 11.7 Å². The third-order valence-corrected chi connectivity index (χ3v) is 2.15. The van der Waals surface area contributed by atoms with Gasteiger partial charge in [-0.2, -0.15) is 0 Å². The van der Waals surface area contributed by atoms with Crippen LogP contribution in [0.2, 0.25) is 0 Å². The summed E-state index contributed by atoms with van der Waals surface area (Å²) in [6.45, 7) is 1.70. The molecule has 2 N–H and O–H groups in total. The van der Waals surface area contributed by atoms with Gasteiger partial charge in [0.15, 0.2) is 5.75 Å². The number of hydrogen-bond acceptors (Lipinski definition) is 4. The van der Waals surface area contributed by atoms with Gasteiger partial charge in [0.25, 0.3) is 0 Å². The maximum Gasteiger partial charge on any atom is 0.313 e. The monoisotopic (exact) mass is 225 g/mol. The number of carboxylic acid groups (broad SMARTS) is 1. The number of carbonyl (C=O) groups is 1. The number of aliphatic carboxylic acids is 1. The lowest BCUT2D eigenvalue weighted by Crippen LogP contribution is -2.02. The number of nitro benzene ring substituents is 1. The van der Waals surface area contributed by atoms with Crippen LogP contribution in [0.5, 0.6) is 5.75 Å². The van der Waals surface area contributed by atoms with Crippen LogP contribution in [0.15, 0.2) is 12.1 Å². The second kappa shape index (κ2) is 4.61. The van der Waals surface area contributed by atoms with Crippen LogP contribution in [0.4, 0.5) is 5.69 Å². The Morgan fingerprint density at radius 2 is 2.12 bits per heavy atom. The van der Waals surface area contributed by atoms with Crippen LogP contribution in [0.1, 0.15) is 18.1 Å². The molecule has 0 saturated heterocycles. The fraction of sp³-hybridized carbons (Fsp3) is 0.300. The third kappa shape index (κ3) is 2.47. The fourth-order valence-electron chi connectivity index (χ4n) is 1.50. The highest BCUT2D eigenvalue weighted by atomic mass is 16.6. The van der Waals surface area contributed by atoms with Crippen LogP contribution in [-0.4, -0.2) is 21.1 Å². The Bertz CT molecular complexity index is 441. The van der Waals surface area contributed by atoms with E-state index in [1.807, 2.05) is 0 Å². The molecule has 6 nitrogen and oxygen atoms in total. The van der Waals surface area contributed by atoms with Gasteiger partial charge < -0.3 is 10.2 Å². The van der Waals surface area contributed by atoms with Crippen molar-refractivity contribution < 1.29 is 19.9 Å². The highest BCUT2D eigenvalue weighted by Gasteiger charge is 2.20. The molecule has 0 bridgehead atoms. The summed E-state index contributed by atoms with van der Waals surface area (Å²) in [6, 6.07) is 2.55. The first-order valence-corrected chi connectivity index (χ1v) is 4.66. The van der Waals surface area contributed by atoms with Crippen molar-refractivity contribution in [2.45, 2.75) is 19.8 Å². The van der Waals surface area contributed by atoms with Gasteiger partial charge >= 0.3 is 11.7 Å². The summed E-state index contributed by atoms with van der Waals surface area (Å²) < 4.78 is 0. The second-order valence-corrected chi connectivity index (χ2v) is 3.30. The Morgan fingerprint density at radius 1 is 1.50 bits per heavy atom. The highest BCUT2D eigenvalue weighted by Crippen LogP contribution is 2.31. The van der Waals surface area contributed by atoms with E-state index < -0.39 is 16.6 Å². The molecule has 0 aromatic heterocycles. The summed E-state index contributed by atoms with van der Waals surface area (Å²) in [5, 5.41) is 28.7. The number of phenols is 1. The average Bonchev–Trinajstić information content (AvgIpc) is 2.14. The number of hydrogen-bond donors (Lipinski definition) is 2. The van der Waals surface area contributed by atoms with Gasteiger partial charge in [-0.25, -0.2) is 0 Å². The zero-order valence-electron chi connectivity index (χ0n) is 8.64. The predicted molar refractivity (Wildman–Crippen MR) is 55.5 cm³/mol. The minimum absolute atomic E-state index is 0.265. The molecule has 0 saturated carbocycles. The van der Waals surface area contributed by atoms with Gasteiger partial charge in [-0.15, -0.1) is 0 Å². The number of nitrogens with zero attached hydrogens (tertiary/aromatic N) is 1. The minimum atomic E-state index is -1.05. The summed E-state index contributed by atoms with van der Waals surface area (Å²) in [7, 11) is 0. The van der Waals surface area contributed by atoms with Gasteiger partial charge in [-0.3, -0.25) is 14.9 Å². The van der Waals surface area contributed by atoms with E-state index in [9.17, 15) is 20.0 Å². The summed E-state index contributed by atoms with van der Waals surface area (Å²) in [4.78, 5) is 20.5. The van der Waals surface area contributed by atoms with Gasteiger partial charge in [-0.1, -0.05) is 6.92 Å². The van der Waals surface area contributed by atoms with E-state index in [4.69, 9.17) is 5.11 Å². The topological polar surface area (TPSA) is 101 Å². The van der Waals surface area contributed by atoms with Crippen LogP contribution in [-0.2, 0) is 17.6 Å². The van der Waals surface area contributed by atoms with E-state index in [2.05, 4.69) is 0 Å². The molecule has 0 unspecified atom stereocenters. The fourth-order valence-corrected chi connectivity index (χ4v) is 1.50. The lowest BCUT2D eigenvalue weighted by molar-refractivity contribution is -0.386. The Morgan fingerprint density at radius 3 is 2.56 bits per heavy atom. The molecule has 0 fully saturated rings. The number of rotatable bonds is 4. The summed E-state index contributed by atoms with van der Waals surface area (Å²) in [5.41, 5.74) is 0.338. The lowest BCUT2D eigenvalue weighted by Gasteiger charge is -2.05. The van der Waals surface area contributed by atoms with Crippen LogP contribution in [0.25, 0.3) is 0 Å². The number of phenolic OH excluding ortho intramolecular Hbond substituents is 1. The summed E-state index contributed by atoms with van der Waals surface area (Å²) in [5.74, 6) is -1.53. The van der Waals surface area contributed by atoms with E-state index in [1.54, 1.807) is 6.92 Å². The molecular formula is C10H11NO5. The molecule has 0 heterocycles. The van der Waals surface area contributed by atoms with Gasteiger partial charge in [0.1, 0.15) is 0 Å². The Balaban J connectivity index is 3.26. The highest BCUT2D eigenvalue weighted by molar-refractivity contribution is 5.71. The van der Waals surface area contributed by atoms with Crippen molar-refractivity contribution in [1.29, 1.82) is 0 Å². The maximum absolute atomic E-state index is 10.7. The molecule has 0 aliphatic heterocycles. The smallest absolute Gasteiger partial charge is 0.313 e. The molecule has 86 valence electrons. The molecule has 1 aromatic rings. The second-order valence-electron chi connectivity index (χ2n) is 3.30. The van der Waals surface area contributed by atoms with Gasteiger partial charge in [0.2, 0.25) is 0 Å². The van der Waals surface area contributed by atoms with Gasteiger partial charge in [0.05, 0.1) is 11.3 Å². The van der Waals surface area contributed by atoms with E-state index in [1.165, 1.54) is 6.07 Å². The normalized spacial score (nSPS) is 10.1. The minimum Gasteiger partial charge on any atom is -0.502 e. The molecule has 1 rings (SSSR count). The van der Waals surface area contributed by atoms with Crippen molar-refractivity contribution in [2.75, 3.05) is 0 Å². The van der Waals surface area contributed by atoms with Crippen molar-refractivity contribution in [3.8, 4) is 5.75 Å². The van der Waals surface area contributed by atoms with Crippen LogP contribution < -0.4 is 0 Å². The van der Waals surface area contributed by atoms with Crippen molar-refractivity contribution in [1.82, 2.24) is 0 Å². The van der Waals surface area contributed by atoms with Gasteiger partial charge in [-0.05, 0) is 24.1 Å². The van der Waals surface area contributed by atoms with E-state index in [0.717, 1.165) is 6.07 Å². The summed E-state index contributed by atoms with van der Waals surface area (Å²) in [6.07, 6.45) is 0.0931. The van der Waals surface area contributed by atoms with Crippen LogP contribution in [0.3, 0.4) is 0 Å². The molecule has 0 aliphatic carbocycles. The number of nitro groups is 1. The molecule has 0 spiro atoms. The van der Waals surface area contributed by atoms with Crippen molar-refractivity contribution in [2.24, 2.45) is 0 Å². The van der Waals surface area contributed by atoms with Crippen molar-refractivity contribution in [3.63, 3.8) is 0 Å². The van der Waals surface area contributed by atoms with Crippen LogP contribution in [0, 0.1) is 10.1 Å². The summed E-state index contributed by atoms with van der Waals surface area (Å²) >= 11 is 0. The first-order chi connectivity index (χ1) is 7.45. The van der Waals surface area contributed by atoms with Crippen LogP contribution >= 0.6 is 0 Å². The van der Waals surface area contributed by atoms with E-state index in [-0.39, 0.29) is 12.1 Å². The zero-order valence-corrected chi connectivity index (χ0v) is 8.64. The first kappa shape index (κ1) is 12.0. The standard InChI is InChI=1S/C10H11NO5/c1-2-7-3-6(5-9(13)14)4-8(12)10(7)11(15)16/h3-4,12H,2,5H2,1H3,(H,13,14). The number of aryl methyl sites for hydroxylation is 1. The molecular weight excluding hydrogens is 214 g/mol. The Labute approximate surface area is 91.3 Å². The largest absolute Gasteiger partial charge is 0.502 e. The molecule has 0 radical (unpaired) electrons. The number of benzene rings is 1. The average molecular weight is 225 g/mol. The molecule has 6 heteroatoms. The quantitative estimate of drug-likeness (QED) is 0.597. The maximum atomic E-state index is 10.7.